The van der Waals surface area contributed by atoms with Crippen LogP contribution >= 0.6 is 0 Å². The average molecular weight is 296 g/mol. The van der Waals surface area contributed by atoms with E-state index < -0.39 is 5.97 Å². The predicted octanol–water partition coefficient (Wildman–Crippen LogP) is 1.69. The minimum atomic E-state index is -0.842. The first-order valence-electron chi connectivity index (χ1n) is 7.25. The largest absolute Gasteiger partial charge is 0.481 e. The molecule has 1 heterocycles. The number of ether oxygens (including phenoxy) is 1. The van der Waals surface area contributed by atoms with Gasteiger partial charge in [-0.1, -0.05) is 0 Å². The first-order chi connectivity index (χ1) is 9.97. The van der Waals surface area contributed by atoms with E-state index in [-0.39, 0.29) is 12.1 Å². The third-order valence-electron chi connectivity index (χ3n) is 3.59. The van der Waals surface area contributed by atoms with Gasteiger partial charge in [0.25, 0.3) is 0 Å². The van der Waals surface area contributed by atoms with E-state index in [0.717, 1.165) is 37.1 Å². The minimum Gasteiger partial charge on any atom is -0.481 e. The number of rotatable bonds is 9. The highest BCUT2D eigenvalue weighted by Crippen LogP contribution is 2.13. The molecule has 0 saturated carbocycles. The summed E-state index contributed by atoms with van der Waals surface area (Å²) in [5.41, 5.74) is 2.08. The number of unbranched alkanes of at least 4 members (excludes halogenated alkanes) is 2. The molecule has 1 aromatic rings. The van der Waals surface area contributed by atoms with Crippen LogP contribution in [0.15, 0.2) is 4.79 Å². The summed E-state index contributed by atoms with van der Waals surface area (Å²) in [4.78, 5) is 26.7. The van der Waals surface area contributed by atoms with Crippen LogP contribution < -0.4 is 5.69 Å². The van der Waals surface area contributed by atoms with Gasteiger partial charge in [0, 0.05) is 38.1 Å². The molecule has 6 heteroatoms. The van der Waals surface area contributed by atoms with Crippen molar-refractivity contribution in [3.8, 4) is 0 Å². The van der Waals surface area contributed by atoms with Crippen molar-refractivity contribution in [2.45, 2.75) is 52.5 Å². The molecule has 1 N–H and O–H groups in total. The van der Waals surface area contributed by atoms with Gasteiger partial charge in [-0.2, -0.15) is 4.98 Å². The molecule has 21 heavy (non-hydrogen) atoms. The Morgan fingerprint density at radius 2 is 2.00 bits per heavy atom. The molecule has 0 spiro atoms. The van der Waals surface area contributed by atoms with Crippen molar-refractivity contribution in [1.82, 2.24) is 9.55 Å². The first-order valence-corrected chi connectivity index (χ1v) is 7.25. The summed E-state index contributed by atoms with van der Waals surface area (Å²) in [5, 5.41) is 8.80. The Morgan fingerprint density at radius 1 is 1.29 bits per heavy atom. The van der Waals surface area contributed by atoms with Gasteiger partial charge in [0.15, 0.2) is 0 Å². The Hall–Kier alpha value is -1.69. The van der Waals surface area contributed by atoms with Crippen LogP contribution in [0.3, 0.4) is 0 Å². The van der Waals surface area contributed by atoms with E-state index in [1.807, 2.05) is 6.92 Å². The monoisotopic (exact) mass is 296 g/mol. The van der Waals surface area contributed by atoms with Gasteiger partial charge in [-0.15, -0.1) is 0 Å². The summed E-state index contributed by atoms with van der Waals surface area (Å²) in [6.45, 7) is 4.96. The van der Waals surface area contributed by atoms with Crippen LogP contribution in [-0.4, -0.2) is 34.3 Å². The first kappa shape index (κ1) is 17.4. The molecule has 0 aliphatic heterocycles. The zero-order valence-electron chi connectivity index (χ0n) is 13.0. The lowest BCUT2D eigenvalue weighted by atomic mass is 10.1. The molecule has 0 fully saturated rings. The van der Waals surface area contributed by atoms with Gasteiger partial charge in [0.2, 0.25) is 0 Å². The Kier molecular flexibility index (Phi) is 7.08. The van der Waals surface area contributed by atoms with E-state index in [2.05, 4.69) is 4.98 Å². The van der Waals surface area contributed by atoms with Gasteiger partial charge >= 0.3 is 11.7 Å². The summed E-state index contributed by atoms with van der Waals surface area (Å²) < 4.78 is 6.64. The number of carbonyl (C=O) groups is 1. The Morgan fingerprint density at radius 3 is 2.62 bits per heavy atom. The number of hydrogen-bond donors (Lipinski definition) is 1. The number of aliphatic carboxylic acids is 1. The van der Waals surface area contributed by atoms with Crippen molar-refractivity contribution < 1.29 is 14.6 Å². The number of carboxylic acids is 1. The van der Waals surface area contributed by atoms with Crippen molar-refractivity contribution >= 4 is 5.97 Å². The Labute approximate surface area is 124 Å². The maximum atomic E-state index is 12.0. The van der Waals surface area contributed by atoms with Crippen molar-refractivity contribution in [2.75, 3.05) is 13.7 Å². The van der Waals surface area contributed by atoms with Crippen molar-refractivity contribution in [2.24, 2.45) is 0 Å². The quantitative estimate of drug-likeness (QED) is 0.701. The number of nitrogens with zero attached hydrogens (tertiary/aromatic N) is 2. The van der Waals surface area contributed by atoms with Crippen molar-refractivity contribution in [3.05, 3.63) is 27.4 Å². The van der Waals surface area contributed by atoms with Crippen LogP contribution in [0, 0.1) is 13.8 Å². The van der Waals surface area contributed by atoms with Gasteiger partial charge in [0.1, 0.15) is 0 Å². The molecule has 0 aliphatic rings. The molecule has 0 radical (unpaired) electrons. The zero-order valence-corrected chi connectivity index (χ0v) is 13.0. The minimum absolute atomic E-state index is 0.0510. The SMILES string of the molecule is COCCCCCn1c(C)c(CCC(=O)O)c(C)nc1=O. The van der Waals surface area contributed by atoms with Crippen molar-refractivity contribution in [1.29, 1.82) is 0 Å². The zero-order chi connectivity index (χ0) is 15.8. The topological polar surface area (TPSA) is 81.4 Å². The fraction of sp³-hybridized carbons (Fsp3) is 0.667. The molecule has 6 nitrogen and oxygen atoms in total. The van der Waals surface area contributed by atoms with E-state index in [1.165, 1.54) is 0 Å². The van der Waals surface area contributed by atoms with E-state index in [4.69, 9.17) is 9.84 Å². The second-order valence-corrected chi connectivity index (χ2v) is 5.14. The van der Waals surface area contributed by atoms with E-state index >= 15 is 0 Å². The molecule has 1 rings (SSSR count). The predicted molar refractivity (Wildman–Crippen MR) is 79.7 cm³/mol. The fourth-order valence-corrected chi connectivity index (χ4v) is 2.39. The molecule has 1 aromatic heterocycles. The third kappa shape index (κ3) is 5.30. The summed E-state index contributed by atoms with van der Waals surface area (Å²) in [6.07, 6.45) is 3.29. The van der Waals surface area contributed by atoms with Gasteiger partial charge in [-0.05, 0) is 45.1 Å². The van der Waals surface area contributed by atoms with Gasteiger partial charge in [0.05, 0.1) is 0 Å². The van der Waals surface area contributed by atoms with E-state index in [0.29, 0.717) is 18.7 Å². The molecule has 0 atom stereocenters. The molecule has 0 aromatic carbocycles. The van der Waals surface area contributed by atoms with Crippen LogP contribution in [0.4, 0.5) is 0 Å². The second-order valence-electron chi connectivity index (χ2n) is 5.14. The highest BCUT2D eigenvalue weighted by atomic mass is 16.5. The smallest absolute Gasteiger partial charge is 0.347 e. The summed E-state index contributed by atoms with van der Waals surface area (Å²) >= 11 is 0. The van der Waals surface area contributed by atoms with Gasteiger partial charge in [-0.3, -0.25) is 9.36 Å². The Balaban J connectivity index is 2.81. The molecule has 0 saturated heterocycles. The Bertz CT molecular complexity index is 537. The van der Waals surface area contributed by atoms with Crippen LogP contribution in [0.25, 0.3) is 0 Å². The lowest BCUT2D eigenvalue weighted by Crippen LogP contribution is -2.28. The molecular formula is C15H24N2O4. The highest BCUT2D eigenvalue weighted by Gasteiger charge is 2.12. The van der Waals surface area contributed by atoms with Crippen LogP contribution in [-0.2, 0) is 22.5 Å². The molecule has 0 aliphatic carbocycles. The number of aryl methyl sites for hydroxylation is 1. The summed E-state index contributed by atoms with van der Waals surface area (Å²) in [5.74, 6) is -0.842. The van der Waals surface area contributed by atoms with Gasteiger partial charge < -0.3 is 9.84 Å². The van der Waals surface area contributed by atoms with Crippen molar-refractivity contribution in [3.63, 3.8) is 0 Å². The molecule has 0 bridgehead atoms. The van der Waals surface area contributed by atoms with Crippen LogP contribution in [0.5, 0.6) is 0 Å². The molecule has 0 amide bonds. The average Bonchev–Trinajstić information content (AvgIpc) is 2.41. The summed E-state index contributed by atoms with van der Waals surface area (Å²) in [6, 6.07) is 0. The standard InChI is InChI=1S/C15H24N2O4/c1-11-13(7-8-14(18)19)12(2)17(15(20)16-11)9-5-4-6-10-21-3/h4-10H2,1-3H3,(H,18,19). The fourth-order valence-electron chi connectivity index (χ4n) is 2.39. The maximum absolute atomic E-state index is 12.0. The normalized spacial score (nSPS) is 10.8. The second kappa shape index (κ2) is 8.56. The summed E-state index contributed by atoms with van der Waals surface area (Å²) in [7, 11) is 1.67. The van der Waals surface area contributed by atoms with E-state index in [9.17, 15) is 9.59 Å². The van der Waals surface area contributed by atoms with Crippen LogP contribution in [0.1, 0.15) is 42.6 Å². The van der Waals surface area contributed by atoms with Gasteiger partial charge in [-0.25, -0.2) is 4.79 Å². The van der Waals surface area contributed by atoms with E-state index in [1.54, 1.807) is 18.6 Å². The number of carboxylic acid groups (broad SMARTS) is 1. The maximum Gasteiger partial charge on any atom is 0.347 e. The number of aromatic nitrogens is 2. The number of methoxy groups -OCH3 is 1. The molecule has 0 unspecified atom stereocenters. The lowest BCUT2D eigenvalue weighted by Gasteiger charge is -2.15. The molecule has 118 valence electrons. The number of hydrogen-bond acceptors (Lipinski definition) is 4. The highest BCUT2D eigenvalue weighted by molar-refractivity contribution is 5.67. The lowest BCUT2D eigenvalue weighted by molar-refractivity contribution is -0.136. The van der Waals surface area contributed by atoms with Crippen LogP contribution in [0.2, 0.25) is 0 Å². The third-order valence-corrected chi connectivity index (χ3v) is 3.59. The molecular weight excluding hydrogens is 272 g/mol.